The number of para-hydroxylation sites is 2. The predicted molar refractivity (Wildman–Crippen MR) is 201 cm³/mol. The minimum absolute atomic E-state index is 1.13. The summed E-state index contributed by atoms with van der Waals surface area (Å²) in [5.74, 6) is 0. The van der Waals surface area contributed by atoms with E-state index in [0.717, 1.165) is 22.7 Å². The van der Waals surface area contributed by atoms with E-state index < -0.39 is 0 Å². The second kappa shape index (κ2) is 11.0. The third-order valence-corrected chi connectivity index (χ3v) is 9.47. The van der Waals surface area contributed by atoms with Crippen molar-refractivity contribution in [3.05, 3.63) is 181 Å². The fourth-order valence-corrected chi connectivity index (χ4v) is 7.28. The summed E-state index contributed by atoms with van der Waals surface area (Å²) in [6.45, 7) is 2.23. The number of rotatable bonds is 5. The van der Waals surface area contributed by atoms with E-state index in [4.69, 9.17) is 0 Å². The Kier molecular flexibility index (Phi) is 6.39. The summed E-state index contributed by atoms with van der Waals surface area (Å²) in [7, 11) is 0. The molecule has 2 nitrogen and oxygen atoms in total. The summed E-state index contributed by atoms with van der Waals surface area (Å²) in [5.41, 5.74) is 10.7. The normalized spacial score (nSPS) is 11.5. The molecule has 47 heavy (non-hydrogen) atoms. The molecular weight excluding hydrogens is 569 g/mol. The highest BCUT2D eigenvalue weighted by atomic mass is 15.1. The van der Waals surface area contributed by atoms with Gasteiger partial charge in [-0.1, -0.05) is 121 Å². The number of benzene rings is 8. The van der Waals surface area contributed by atoms with Crippen LogP contribution in [0.5, 0.6) is 0 Å². The second-order valence-electron chi connectivity index (χ2n) is 12.3. The molecule has 0 saturated carbocycles. The molecule has 0 radical (unpaired) electrons. The highest BCUT2D eigenvalue weighted by Crippen LogP contribution is 2.44. The van der Waals surface area contributed by atoms with Crippen LogP contribution in [0.15, 0.2) is 176 Å². The lowest BCUT2D eigenvalue weighted by Crippen LogP contribution is -2.10. The third kappa shape index (κ3) is 4.49. The van der Waals surface area contributed by atoms with E-state index in [1.165, 1.54) is 60.0 Å². The molecule has 0 N–H and O–H groups in total. The Bertz CT molecular complexity index is 2580. The first-order valence-electron chi connectivity index (χ1n) is 16.2. The zero-order valence-corrected chi connectivity index (χ0v) is 26.1. The van der Waals surface area contributed by atoms with E-state index in [1.807, 2.05) is 0 Å². The Morgan fingerprint density at radius 3 is 1.91 bits per heavy atom. The highest BCUT2D eigenvalue weighted by molar-refractivity contribution is 6.22. The van der Waals surface area contributed by atoms with Gasteiger partial charge in [0.15, 0.2) is 0 Å². The molecule has 0 spiro atoms. The van der Waals surface area contributed by atoms with Crippen LogP contribution in [-0.4, -0.2) is 4.57 Å². The molecule has 0 fully saturated rings. The first-order valence-corrected chi connectivity index (χ1v) is 16.2. The SMILES string of the molecule is Cc1ccc(N(c2ccccc2)c2ccc3ccccc3c2)cc1-c1cccc2c1c1ccc3ccccc3c1n2-c1ccccc1. The summed E-state index contributed by atoms with van der Waals surface area (Å²) in [6, 6.07) is 63.7. The minimum Gasteiger partial charge on any atom is -0.310 e. The highest BCUT2D eigenvalue weighted by Gasteiger charge is 2.20. The average molecular weight is 601 g/mol. The first kappa shape index (κ1) is 27.2. The van der Waals surface area contributed by atoms with Gasteiger partial charge in [-0.05, 0) is 94.4 Å². The van der Waals surface area contributed by atoms with Crippen molar-refractivity contribution in [2.45, 2.75) is 6.92 Å². The number of hydrogen-bond donors (Lipinski definition) is 0. The van der Waals surface area contributed by atoms with Crippen molar-refractivity contribution in [2.24, 2.45) is 0 Å². The number of aryl methyl sites for hydroxylation is 1. The van der Waals surface area contributed by atoms with Gasteiger partial charge in [-0.15, -0.1) is 0 Å². The van der Waals surface area contributed by atoms with Gasteiger partial charge >= 0.3 is 0 Å². The van der Waals surface area contributed by atoms with Crippen LogP contribution < -0.4 is 4.90 Å². The molecule has 0 aliphatic rings. The Morgan fingerprint density at radius 1 is 0.426 bits per heavy atom. The summed E-state index contributed by atoms with van der Waals surface area (Å²) in [6.07, 6.45) is 0. The van der Waals surface area contributed by atoms with E-state index in [2.05, 4.69) is 192 Å². The monoisotopic (exact) mass is 600 g/mol. The molecule has 0 aliphatic heterocycles. The topological polar surface area (TPSA) is 8.17 Å². The Hall–Kier alpha value is -6.12. The van der Waals surface area contributed by atoms with Gasteiger partial charge in [-0.3, -0.25) is 0 Å². The van der Waals surface area contributed by atoms with Gasteiger partial charge in [0.2, 0.25) is 0 Å². The molecule has 2 heteroatoms. The molecule has 0 atom stereocenters. The number of nitrogens with zero attached hydrogens (tertiary/aromatic N) is 2. The van der Waals surface area contributed by atoms with Crippen molar-refractivity contribution in [1.82, 2.24) is 4.57 Å². The number of anilines is 3. The summed E-state index contributed by atoms with van der Waals surface area (Å²) in [5, 5.41) is 7.50. The predicted octanol–water partition coefficient (Wildman–Crippen LogP) is 12.5. The molecule has 222 valence electrons. The van der Waals surface area contributed by atoms with Crippen LogP contribution in [0.3, 0.4) is 0 Å². The van der Waals surface area contributed by atoms with Crippen molar-refractivity contribution in [1.29, 1.82) is 0 Å². The maximum Gasteiger partial charge on any atom is 0.0619 e. The van der Waals surface area contributed by atoms with Crippen molar-refractivity contribution >= 4 is 60.4 Å². The Labute approximate surface area is 274 Å². The molecule has 9 aromatic rings. The average Bonchev–Trinajstić information content (AvgIpc) is 3.48. The summed E-state index contributed by atoms with van der Waals surface area (Å²) in [4.78, 5) is 2.37. The number of aromatic nitrogens is 1. The van der Waals surface area contributed by atoms with Gasteiger partial charge in [0.05, 0.1) is 11.0 Å². The molecule has 0 aliphatic carbocycles. The van der Waals surface area contributed by atoms with Gasteiger partial charge < -0.3 is 9.47 Å². The van der Waals surface area contributed by atoms with Gasteiger partial charge in [-0.2, -0.15) is 0 Å². The van der Waals surface area contributed by atoms with Crippen LogP contribution in [0.4, 0.5) is 17.1 Å². The van der Waals surface area contributed by atoms with Crippen molar-refractivity contribution in [2.75, 3.05) is 4.90 Å². The van der Waals surface area contributed by atoms with Crippen molar-refractivity contribution < 1.29 is 0 Å². The molecular formula is C45H32N2. The van der Waals surface area contributed by atoms with E-state index in [1.54, 1.807) is 0 Å². The molecule has 8 aromatic carbocycles. The molecule has 1 aromatic heterocycles. The molecule has 0 amide bonds. The van der Waals surface area contributed by atoms with Gasteiger partial charge in [0.1, 0.15) is 0 Å². The Balaban J connectivity index is 1.32. The zero-order valence-electron chi connectivity index (χ0n) is 26.1. The fourth-order valence-electron chi connectivity index (χ4n) is 7.28. The lowest BCUT2D eigenvalue weighted by Gasteiger charge is -2.27. The van der Waals surface area contributed by atoms with Crippen LogP contribution in [0, 0.1) is 6.92 Å². The lowest BCUT2D eigenvalue weighted by molar-refractivity contribution is 1.19. The second-order valence-corrected chi connectivity index (χ2v) is 12.3. The fraction of sp³-hybridized carbons (Fsp3) is 0.0222. The van der Waals surface area contributed by atoms with Crippen LogP contribution in [0.1, 0.15) is 5.56 Å². The standard InChI is InChI=1S/C45H32N2/c1-31-23-26-38(46(35-16-4-2-5-17-35)37-27-24-32-13-8-9-15-34(32)29-37)30-42(31)40-21-12-22-43-44(40)41-28-25-33-14-10-11-20-39(33)45(41)47(43)36-18-6-3-7-19-36/h2-30H,1H3. The maximum absolute atomic E-state index is 2.45. The summed E-state index contributed by atoms with van der Waals surface area (Å²) < 4.78 is 2.45. The smallest absolute Gasteiger partial charge is 0.0619 e. The van der Waals surface area contributed by atoms with E-state index in [-0.39, 0.29) is 0 Å². The van der Waals surface area contributed by atoms with Crippen LogP contribution in [0.2, 0.25) is 0 Å². The molecule has 9 rings (SSSR count). The molecule has 0 saturated heterocycles. The van der Waals surface area contributed by atoms with Crippen molar-refractivity contribution in [3.63, 3.8) is 0 Å². The molecule has 1 heterocycles. The minimum atomic E-state index is 1.13. The van der Waals surface area contributed by atoms with Gasteiger partial charge in [-0.25, -0.2) is 0 Å². The molecule has 0 bridgehead atoms. The number of fused-ring (bicyclic) bond motifs is 6. The van der Waals surface area contributed by atoms with Crippen LogP contribution in [0.25, 0.3) is 60.2 Å². The summed E-state index contributed by atoms with van der Waals surface area (Å²) >= 11 is 0. The van der Waals surface area contributed by atoms with E-state index in [9.17, 15) is 0 Å². The zero-order chi connectivity index (χ0) is 31.3. The Morgan fingerprint density at radius 2 is 1.09 bits per heavy atom. The quantitative estimate of drug-likeness (QED) is 0.191. The van der Waals surface area contributed by atoms with Crippen LogP contribution >= 0.6 is 0 Å². The van der Waals surface area contributed by atoms with E-state index in [0.29, 0.717) is 0 Å². The van der Waals surface area contributed by atoms with Crippen molar-refractivity contribution in [3.8, 4) is 16.8 Å². The molecule has 0 unspecified atom stereocenters. The van der Waals surface area contributed by atoms with Crippen LogP contribution in [-0.2, 0) is 0 Å². The third-order valence-electron chi connectivity index (χ3n) is 9.47. The van der Waals surface area contributed by atoms with E-state index >= 15 is 0 Å². The van der Waals surface area contributed by atoms with Gasteiger partial charge in [0, 0.05) is 38.9 Å². The van der Waals surface area contributed by atoms with Gasteiger partial charge in [0.25, 0.3) is 0 Å². The maximum atomic E-state index is 2.45. The lowest BCUT2D eigenvalue weighted by atomic mass is 9.94. The number of hydrogen-bond acceptors (Lipinski definition) is 1. The first-order chi connectivity index (χ1) is 23.2. The largest absolute Gasteiger partial charge is 0.310 e.